The lowest BCUT2D eigenvalue weighted by Crippen LogP contribution is -2.34. The Morgan fingerprint density at radius 2 is 2.33 bits per heavy atom. The van der Waals surface area contributed by atoms with Crippen molar-refractivity contribution in [3.8, 4) is 5.75 Å². The SMILES string of the molecule is CCNC(=O)CNCCc1ccc2c(c1)CCO2. The molecule has 1 heterocycles. The topological polar surface area (TPSA) is 50.4 Å². The van der Waals surface area contributed by atoms with Crippen LogP contribution in [0.3, 0.4) is 0 Å². The Hall–Kier alpha value is -1.55. The summed E-state index contributed by atoms with van der Waals surface area (Å²) in [4.78, 5) is 11.2. The number of amides is 1. The Labute approximate surface area is 108 Å². The average molecular weight is 248 g/mol. The Kier molecular flexibility index (Phi) is 4.59. The summed E-state index contributed by atoms with van der Waals surface area (Å²) in [6.07, 6.45) is 1.95. The molecule has 2 rings (SSSR count). The summed E-state index contributed by atoms with van der Waals surface area (Å²) in [5.41, 5.74) is 2.60. The third kappa shape index (κ3) is 3.47. The Morgan fingerprint density at radius 1 is 1.44 bits per heavy atom. The van der Waals surface area contributed by atoms with Gasteiger partial charge in [-0.1, -0.05) is 12.1 Å². The molecular weight excluding hydrogens is 228 g/mol. The van der Waals surface area contributed by atoms with Crippen molar-refractivity contribution in [2.24, 2.45) is 0 Å². The van der Waals surface area contributed by atoms with Gasteiger partial charge in [0.15, 0.2) is 0 Å². The molecule has 0 saturated carbocycles. The van der Waals surface area contributed by atoms with Crippen molar-refractivity contribution in [2.45, 2.75) is 19.8 Å². The van der Waals surface area contributed by atoms with Crippen LogP contribution in [-0.4, -0.2) is 32.1 Å². The van der Waals surface area contributed by atoms with E-state index >= 15 is 0 Å². The van der Waals surface area contributed by atoms with Crippen molar-refractivity contribution in [1.82, 2.24) is 10.6 Å². The van der Waals surface area contributed by atoms with Gasteiger partial charge in [-0.15, -0.1) is 0 Å². The third-order valence-electron chi connectivity index (χ3n) is 3.00. The molecule has 18 heavy (non-hydrogen) atoms. The van der Waals surface area contributed by atoms with Gasteiger partial charge in [0.2, 0.25) is 5.91 Å². The van der Waals surface area contributed by atoms with Gasteiger partial charge in [0.25, 0.3) is 0 Å². The standard InChI is InChI=1S/C14H20N2O2/c1-2-16-14(17)10-15-7-5-11-3-4-13-12(9-11)6-8-18-13/h3-4,9,15H,2,5-8,10H2,1H3,(H,16,17). The van der Waals surface area contributed by atoms with E-state index in [0.29, 0.717) is 13.1 Å². The second-order valence-electron chi connectivity index (χ2n) is 4.42. The highest BCUT2D eigenvalue weighted by Crippen LogP contribution is 2.25. The maximum absolute atomic E-state index is 11.2. The van der Waals surface area contributed by atoms with E-state index in [1.807, 2.05) is 13.0 Å². The van der Waals surface area contributed by atoms with Crippen LogP contribution in [0.25, 0.3) is 0 Å². The molecule has 0 atom stereocenters. The first kappa shape index (κ1) is 12.9. The number of likely N-dealkylation sites (N-methyl/N-ethyl adjacent to an activating group) is 1. The van der Waals surface area contributed by atoms with Crippen LogP contribution in [-0.2, 0) is 17.6 Å². The van der Waals surface area contributed by atoms with Gasteiger partial charge in [-0.05, 0) is 37.1 Å². The summed E-state index contributed by atoms with van der Waals surface area (Å²) in [5.74, 6) is 1.08. The number of carbonyl (C=O) groups excluding carboxylic acids is 1. The molecule has 0 spiro atoms. The van der Waals surface area contributed by atoms with Gasteiger partial charge in [0.1, 0.15) is 5.75 Å². The molecule has 0 unspecified atom stereocenters. The Balaban J connectivity index is 1.72. The smallest absolute Gasteiger partial charge is 0.233 e. The minimum Gasteiger partial charge on any atom is -0.493 e. The maximum Gasteiger partial charge on any atom is 0.233 e. The van der Waals surface area contributed by atoms with Crippen LogP contribution in [0.4, 0.5) is 0 Å². The molecule has 0 bridgehead atoms. The fraction of sp³-hybridized carbons (Fsp3) is 0.500. The minimum absolute atomic E-state index is 0.0554. The molecule has 1 aliphatic heterocycles. The van der Waals surface area contributed by atoms with Crippen LogP contribution in [0, 0.1) is 0 Å². The molecule has 0 saturated heterocycles. The molecule has 2 N–H and O–H groups in total. The van der Waals surface area contributed by atoms with Crippen molar-refractivity contribution in [3.05, 3.63) is 29.3 Å². The zero-order valence-electron chi connectivity index (χ0n) is 10.8. The molecule has 1 aromatic carbocycles. The van der Waals surface area contributed by atoms with Crippen molar-refractivity contribution in [3.63, 3.8) is 0 Å². The molecule has 4 nitrogen and oxygen atoms in total. The minimum atomic E-state index is 0.0554. The van der Waals surface area contributed by atoms with E-state index in [9.17, 15) is 4.79 Å². The molecule has 0 aromatic heterocycles. The number of nitrogens with one attached hydrogen (secondary N) is 2. The Bertz CT molecular complexity index is 418. The van der Waals surface area contributed by atoms with Gasteiger partial charge in [-0.25, -0.2) is 0 Å². The molecule has 1 aliphatic rings. The second kappa shape index (κ2) is 6.40. The zero-order valence-corrected chi connectivity index (χ0v) is 10.8. The van der Waals surface area contributed by atoms with Crippen molar-refractivity contribution in [2.75, 3.05) is 26.2 Å². The first-order chi connectivity index (χ1) is 8.79. The van der Waals surface area contributed by atoms with E-state index < -0.39 is 0 Å². The molecule has 4 heteroatoms. The van der Waals surface area contributed by atoms with Crippen molar-refractivity contribution in [1.29, 1.82) is 0 Å². The number of rotatable bonds is 6. The lowest BCUT2D eigenvalue weighted by atomic mass is 10.1. The highest BCUT2D eigenvalue weighted by molar-refractivity contribution is 5.77. The second-order valence-corrected chi connectivity index (χ2v) is 4.42. The quantitative estimate of drug-likeness (QED) is 0.735. The van der Waals surface area contributed by atoms with Crippen LogP contribution in [0.2, 0.25) is 0 Å². The van der Waals surface area contributed by atoms with Gasteiger partial charge >= 0.3 is 0 Å². The van der Waals surface area contributed by atoms with E-state index in [0.717, 1.165) is 31.7 Å². The summed E-state index contributed by atoms with van der Waals surface area (Å²) in [6.45, 7) is 4.61. The van der Waals surface area contributed by atoms with E-state index in [2.05, 4.69) is 22.8 Å². The largest absolute Gasteiger partial charge is 0.493 e. The van der Waals surface area contributed by atoms with Gasteiger partial charge in [0.05, 0.1) is 13.2 Å². The van der Waals surface area contributed by atoms with E-state index in [1.54, 1.807) is 0 Å². The van der Waals surface area contributed by atoms with Crippen LogP contribution in [0.15, 0.2) is 18.2 Å². The fourth-order valence-electron chi connectivity index (χ4n) is 2.09. The van der Waals surface area contributed by atoms with E-state index in [4.69, 9.17) is 4.74 Å². The van der Waals surface area contributed by atoms with Crippen LogP contribution in [0.5, 0.6) is 5.75 Å². The Morgan fingerprint density at radius 3 is 3.17 bits per heavy atom. The molecule has 0 radical (unpaired) electrons. The molecule has 98 valence electrons. The van der Waals surface area contributed by atoms with Gasteiger partial charge in [-0.2, -0.15) is 0 Å². The van der Waals surface area contributed by atoms with E-state index in [-0.39, 0.29) is 5.91 Å². The summed E-state index contributed by atoms with van der Waals surface area (Å²) in [6, 6.07) is 6.34. The van der Waals surface area contributed by atoms with Gasteiger partial charge in [-0.3, -0.25) is 4.79 Å². The summed E-state index contributed by atoms with van der Waals surface area (Å²) in [7, 11) is 0. The number of hydrogen-bond donors (Lipinski definition) is 2. The predicted molar refractivity (Wildman–Crippen MR) is 70.9 cm³/mol. The van der Waals surface area contributed by atoms with Gasteiger partial charge in [0, 0.05) is 13.0 Å². The van der Waals surface area contributed by atoms with Crippen LogP contribution in [0.1, 0.15) is 18.1 Å². The van der Waals surface area contributed by atoms with Crippen LogP contribution >= 0.6 is 0 Å². The lowest BCUT2D eigenvalue weighted by Gasteiger charge is -2.06. The molecule has 1 aromatic rings. The number of hydrogen-bond acceptors (Lipinski definition) is 3. The summed E-state index contributed by atoms with van der Waals surface area (Å²) in [5, 5.41) is 5.90. The molecule has 1 amide bonds. The monoisotopic (exact) mass is 248 g/mol. The summed E-state index contributed by atoms with van der Waals surface area (Å²) < 4.78 is 5.47. The van der Waals surface area contributed by atoms with Crippen molar-refractivity contribution < 1.29 is 9.53 Å². The predicted octanol–water partition coefficient (Wildman–Crippen LogP) is 0.890. The van der Waals surface area contributed by atoms with Crippen molar-refractivity contribution >= 4 is 5.91 Å². The summed E-state index contributed by atoms with van der Waals surface area (Å²) >= 11 is 0. The maximum atomic E-state index is 11.2. The fourth-order valence-corrected chi connectivity index (χ4v) is 2.09. The highest BCUT2D eigenvalue weighted by atomic mass is 16.5. The zero-order chi connectivity index (χ0) is 12.8. The van der Waals surface area contributed by atoms with Gasteiger partial charge < -0.3 is 15.4 Å². The molecule has 0 aliphatic carbocycles. The highest BCUT2D eigenvalue weighted by Gasteiger charge is 2.11. The third-order valence-corrected chi connectivity index (χ3v) is 3.00. The number of ether oxygens (including phenoxy) is 1. The average Bonchev–Trinajstić information content (AvgIpc) is 2.82. The van der Waals surface area contributed by atoms with Crippen LogP contribution < -0.4 is 15.4 Å². The normalized spacial score (nSPS) is 12.9. The van der Waals surface area contributed by atoms with E-state index in [1.165, 1.54) is 11.1 Å². The number of benzene rings is 1. The first-order valence-corrected chi connectivity index (χ1v) is 6.51. The lowest BCUT2D eigenvalue weighted by molar-refractivity contribution is -0.120. The number of carbonyl (C=O) groups is 1. The molecular formula is C14H20N2O2. The number of fused-ring (bicyclic) bond motifs is 1. The molecule has 0 fully saturated rings. The first-order valence-electron chi connectivity index (χ1n) is 6.51.